The highest BCUT2D eigenvalue weighted by molar-refractivity contribution is 6.33. The van der Waals surface area contributed by atoms with Gasteiger partial charge in [0.15, 0.2) is 0 Å². The second-order valence-electron chi connectivity index (χ2n) is 3.65. The van der Waals surface area contributed by atoms with Crippen LogP contribution in [0.25, 0.3) is 11.1 Å². The summed E-state index contributed by atoms with van der Waals surface area (Å²) in [5, 5.41) is 5.00. The topological polar surface area (TPSA) is 43.8 Å². The number of benzene rings is 1. The van der Waals surface area contributed by atoms with Crippen LogP contribution < -0.4 is 5.73 Å². The van der Waals surface area contributed by atoms with Crippen molar-refractivity contribution in [2.45, 2.75) is 6.42 Å². The monoisotopic (exact) mass is 235 g/mol. The molecule has 0 unspecified atom stereocenters. The van der Waals surface area contributed by atoms with Crippen LogP contribution in [0.15, 0.2) is 30.5 Å². The van der Waals surface area contributed by atoms with Crippen molar-refractivity contribution in [1.82, 2.24) is 9.78 Å². The van der Waals surface area contributed by atoms with Crippen molar-refractivity contribution in [3.63, 3.8) is 0 Å². The van der Waals surface area contributed by atoms with Gasteiger partial charge in [-0.25, -0.2) is 0 Å². The summed E-state index contributed by atoms with van der Waals surface area (Å²) in [6.07, 6.45) is 2.64. The van der Waals surface area contributed by atoms with E-state index in [0.29, 0.717) is 6.54 Å². The highest BCUT2D eigenvalue weighted by atomic mass is 35.5. The van der Waals surface area contributed by atoms with Gasteiger partial charge in [-0.3, -0.25) is 4.68 Å². The summed E-state index contributed by atoms with van der Waals surface area (Å²) in [5.41, 5.74) is 8.80. The Kier molecular flexibility index (Phi) is 3.27. The minimum atomic E-state index is 0.608. The van der Waals surface area contributed by atoms with Gasteiger partial charge in [-0.15, -0.1) is 0 Å². The molecule has 0 spiro atoms. The molecule has 2 N–H and O–H groups in total. The van der Waals surface area contributed by atoms with Crippen LogP contribution in [0, 0.1) is 0 Å². The van der Waals surface area contributed by atoms with Gasteiger partial charge >= 0.3 is 0 Å². The number of nitrogens with two attached hydrogens (primary N) is 1. The lowest BCUT2D eigenvalue weighted by Gasteiger charge is -2.06. The third-order valence-corrected chi connectivity index (χ3v) is 2.94. The zero-order chi connectivity index (χ0) is 11.5. The second kappa shape index (κ2) is 4.68. The Labute approximate surface area is 99.8 Å². The average Bonchev–Trinajstić information content (AvgIpc) is 2.62. The molecule has 0 aliphatic rings. The van der Waals surface area contributed by atoms with Gasteiger partial charge in [-0.2, -0.15) is 5.10 Å². The molecule has 16 heavy (non-hydrogen) atoms. The summed E-state index contributed by atoms with van der Waals surface area (Å²) in [4.78, 5) is 0. The molecule has 0 aliphatic carbocycles. The van der Waals surface area contributed by atoms with Crippen LogP contribution in [-0.4, -0.2) is 16.3 Å². The summed E-state index contributed by atoms with van der Waals surface area (Å²) in [6, 6.07) is 7.78. The van der Waals surface area contributed by atoms with Crippen LogP contribution in [0.1, 0.15) is 5.69 Å². The normalized spacial score (nSPS) is 10.7. The number of rotatable bonds is 3. The van der Waals surface area contributed by atoms with Crippen molar-refractivity contribution in [3.8, 4) is 11.1 Å². The maximum Gasteiger partial charge on any atom is 0.0571 e. The lowest BCUT2D eigenvalue weighted by molar-refractivity contribution is 0.707. The van der Waals surface area contributed by atoms with Crippen molar-refractivity contribution in [2.24, 2.45) is 12.8 Å². The van der Waals surface area contributed by atoms with Crippen LogP contribution in [0.4, 0.5) is 0 Å². The summed E-state index contributed by atoms with van der Waals surface area (Å²) >= 11 is 6.17. The molecule has 3 nitrogen and oxygen atoms in total. The summed E-state index contributed by atoms with van der Waals surface area (Å²) in [7, 11) is 1.92. The molecule has 1 aromatic carbocycles. The largest absolute Gasteiger partial charge is 0.330 e. The van der Waals surface area contributed by atoms with E-state index in [-0.39, 0.29) is 0 Å². The van der Waals surface area contributed by atoms with E-state index in [0.717, 1.165) is 28.3 Å². The fraction of sp³-hybridized carbons (Fsp3) is 0.250. The van der Waals surface area contributed by atoms with Gasteiger partial charge in [0.1, 0.15) is 0 Å². The SMILES string of the molecule is Cn1ncc(-c2ccccc2Cl)c1CCN. The molecular formula is C12H14ClN3. The van der Waals surface area contributed by atoms with Gasteiger partial charge in [0, 0.05) is 35.3 Å². The van der Waals surface area contributed by atoms with Gasteiger partial charge < -0.3 is 5.73 Å². The van der Waals surface area contributed by atoms with E-state index >= 15 is 0 Å². The Balaban J connectivity index is 2.52. The van der Waals surface area contributed by atoms with E-state index in [1.165, 1.54) is 0 Å². The predicted molar refractivity (Wildman–Crippen MR) is 66.4 cm³/mol. The molecule has 0 bridgehead atoms. The van der Waals surface area contributed by atoms with Crippen LogP contribution in [0.2, 0.25) is 5.02 Å². The molecular weight excluding hydrogens is 222 g/mol. The minimum absolute atomic E-state index is 0.608. The van der Waals surface area contributed by atoms with Gasteiger partial charge in [0.2, 0.25) is 0 Å². The number of aryl methyl sites for hydroxylation is 1. The lowest BCUT2D eigenvalue weighted by atomic mass is 10.0. The van der Waals surface area contributed by atoms with Crippen molar-refractivity contribution >= 4 is 11.6 Å². The highest BCUT2D eigenvalue weighted by Gasteiger charge is 2.11. The summed E-state index contributed by atoms with van der Waals surface area (Å²) < 4.78 is 1.85. The zero-order valence-electron chi connectivity index (χ0n) is 9.15. The fourth-order valence-electron chi connectivity index (χ4n) is 1.80. The Morgan fingerprint density at radius 2 is 2.06 bits per heavy atom. The highest BCUT2D eigenvalue weighted by Crippen LogP contribution is 2.29. The first-order valence-electron chi connectivity index (χ1n) is 5.20. The lowest BCUT2D eigenvalue weighted by Crippen LogP contribution is -2.08. The molecule has 0 radical (unpaired) electrons. The van der Waals surface area contributed by atoms with E-state index in [4.69, 9.17) is 17.3 Å². The summed E-state index contributed by atoms with van der Waals surface area (Å²) in [6.45, 7) is 0.608. The third-order valence-electron chi connectivity index (χ3n) is 2.61. The van der Waals surface area contributed by atoms with Crippen molar-refractivity contribution in [3.05, 3.63) is 41.2 Å². The van der Waals surface area contributed by atoms with Gasteiger partial charge in [0.25, 0.3) is 0 Å². The van der Waals surface area contributed by atoms with E-state index in [1.807, 2.05) is 42.2 Å². The van der Waals surface area contributed by atoms with Crippen LogP contribution in [0.5, 0.6) is 0 Å². The number of hydrogen-bond acceptors (Lipinski definition) is 2. The summed E-state index contributed by atoms with van der Waals surface area (Å²) in [5.74, 6) is 0. The van der Waals surface area contributed by atoms with Crippen molar-refractivity contribution < 1.29 is 0 Å². The van der Waals surface area contributed by atoms with E-state index in [9.17, 15) is 0 Å². The first-order valence-corrected chi connectivity index (χ1v) is 5.57. The second-order valence-corrected chi connectivity index (χ2v) is 4.05. The number of nitrogens with zero attached hydrogens (tertiary/aromatic N) is 2. The molecule has 1 aromatic heterocycles. The fourth-order valence-corrected chi connectivity index (χ4v) is 2.04. The molecule has 0 aliphatic heterocycles. The minimum Gasteiger partial charge on any atom is -0.330 e. The van der Waals surface area contributed by atoms with Gasteiger partial charge in [-0.05, 0) is 12.6 Å². The third kappa shape index (κ3) is 1.96. The molecule has 1 heterocycles. The first kappa shape index (κ1) is 11.2. The Morgan fingerprint density at radius 3 is 2.75 bits per heavy atom. The van der Waals surface area contributed by atoms with Crippen molar-refractivity contribution in [1.29, 1.82) is 0 Å². The van der Waals surface area contributed by atoms with E-state index in [1.54, 1.807) is 0 Å². The first-order chi connectivity index (χ1) is 7.74. The zero-order valence-corrected chi connectivity index (χ0v) is 9.91. The van der Waals surface area contributed by atoms with E-state index < -0.39 is 0 Å². The number of hydrogen-bond donors (Lipinski definition) is 1. The standard InChI is InChI=1S/C12H14ClN3/c1-16-12(6-7-14)10(8-15-16)9-4-2-3-5-11(9)13/h2-5,8H,6-7,14H2,1H3. The molecule has 2 rings (SSSR count). The van der Waals surface area contributed by atoms with Crippen LogP contribution in [-0.2, 0) is 13.5 Å². The molecule has 4 heteroatoms. The maximum absolute atomic E-state index is 6.17. The molecule has 0 saturated carbocycles. The average molecular weight is 236 g/mol. The quantitative estimate of drug-likeness (QED) is 0.887. The maximum atomic E-state index is 6.17. The van der Waals surface area contributed by atoms with Gasteiger partial charge in [0.05, 0.1) is 6.20 Å². The van der Waals surface area contributed by atoms with E-state index in [2.05, 4.69) is 5.10 Å². The molecule has 0 atom stereocenters. The smallest absolute Gasteiger partial charge is 0.0571 e. The van der Waals surface area contributed by atoms with Gasteiger partial charge in [-0.1, -0.05) is 29.8 Å². The Bertz CT molecular complexity index is 491. The number of aromatic nitrogens is 2. The molecule has 84 valence electrons. The molecule has 0 fully saturated rings. The molecule has 0 saturated heterocycles. The van der Waals surface area contributed by atoms with Crippen LogP contribution in [0.3, 0.4) is 0 Å². The van der Waals surface area contributed by atoms with Crippen LogP contribution >= 0.6 is 11.6 Å². The Hall–Kier alpha value is -1.32. The van der Waals surface area contributed by atoms with Crippen molar-refractivity contribution in [2.75, 3.05) is 6.54 Å². The molecule has 2 aromatic rings. The number of halogens is 1. The Morgan fingerprint density at radius 1 is 1.31 bits per heavy atom. The molecule has 0 amide bonds. The predicted octanol–water partition coefficient (Wildman–Crippen LogP) is 2.24.